The van der Waals surface area contributed by atoms with Gasteiger partial charge in [0.25, 0.3) is 0 Å². The van der Waals surface area contributed by atoms with Gasteiger partial charge in [0.2, 0.25) is 0 Å². The summed E-state index contributed by atoms with van der Waals surface area (Å²) in [5, 5.41) is 0.857. The van der Waals surface area contributed by atoms with Crippen LogP contribution in [-0.4, -0.2) is 25.5 Å². The molecular weight excluding hydrogens is 220 g/mol. The van der Waals surface area contributed by atoms with Crippen molar-refractivity contribution in [3.8, 4) is 0 Å². The molecule has 0 saturated carbocycles. The quantitative estimate of drug-likeness (QED) is 0.858. The van der Waals surface area contributed by atoms with Gasteiger partial charge >= 0.3 is 0 Å². The van der Waals surface area contributed by atoms with Crippen molar-refractivity contribution < 1.29 is 0 Å². The second-order valence-corrected chi connectivity index (χ2v) is 4.97. The van der Waals surface area contributed by atoms with E-state index in [2.05, 4.69) is 30.0 Å². The number of benzene rings is 1. The minimum absolute atomic E-state index is 0.482. The topological polar surface area (TPSA) is 29.3 Å². The minimum atomic E-state index is 0.482. The Labute approximate surface area is 103 Å². The van der Waals surface area contributed by atoms with Crippen molar-refractivity contribution in [1.29, 1.82) is 0 Å². The highest BCUT2D eigenvalue weighted by Crippen LogP contribution is 2.25. The smallest absolute Gasteiger partial charge is 0.0453 e. The molecule has 2 N–H and O–H groups in total. The molecule has 0 aliphatic carbocycles. The lowest BCUT2D eigenvalue weighted by Gasteiger charge is -2.15. The third-order valence-electron chi connectivity index (χ3n) is 2.73. The Kier molecular flexibility index (Phi) is 5.26. The molecule has 2 nitrogen and oxygen atoms in total. The first-order valence-electron chi connectivity index (χ1n) is 5.67. The van der Waals surface area contributed by atoms with Crippen LogP contribution in [-0.2, 0) is 6.54 Å². The maximum absolute atomic E-state index is 6.26. The van der Waals surface area contributed by atoms with E-state index in [4.69, 9.17) is 17.3 Å². The van der Waals surface area contributed by atoms with E-state index in [1.165, 1.54) is 11.1 Å². The Morgan fingerprint density at radius 2 is 2.06 bits per heavy atom. The van der Waals surface area contributed by atoms with Crippen LogP contribution >= 0.6 is 11.6 Å². The van der Waals surface area contributed by atoms with E-state index >= 15 is 0 Å². The van der Waals surface area contributed by atoms with Crippen LogP contribution < -0.4 is 5.73 Å². The van der Waals surface area contributed by atoms with Gasteiger partial charge < -0.3 is 10.6 Å². The van der Waals surface area contributed by atoms with Crippen molar-refractivity contribution in [2.75, 3.05) is 20.6 Å². The number of nitrogens with zero attached hydrogens (tertiary/aromatic N) is 1. The summed E-state index contributed by atoms with van der Waals surface area (Å²) in [6.45, 7) is 3.78. The standard InChI is InChI=1S/C13H21ClN2/c1-10(6-7-15)11-4-5-12(9-16(2)3)13(14)8-11/h4-5,8,10H,6-7,9,15H2,1-3H3. The van der Waals surface area contributed by atoms with Crippen molar-refractivity contribution in [1.82, 2.24) is 4.90 Å². The Balaban J connectivity index is 2.82. The average Bonchev–Trinajstić information content (AvgIpc) is 2.20. The molecule has 0 heterocycles. The molecule has 0 amide bonds. The van der Waals surface area contributed by atoms with Crippen molar-refractivity contribution in [3.63, 3.8) is 0 Å². The highest BCUT2D eigenvalue weighted by molar-refractivity contribution is 6.31. The van der Waals surface area contributed by atoms with E-state index in [9.17, 15) is 0 Å². The van der Waals surface area contributed by atoms with Gasteiger partial charge in [-0.05, 0) is 50.2 Å². The highest BCUT2D eigenvalue weighted by atomic mass is 35.5. The zero-order valence-corrected chi connectivity index (χ0v) is 11.1. The summed E-state index contributed by atoms with van der Waals surface area (Å²) >= 11 is 6.26. The summed E-state index contributed by atoms with van der Waals surface area (Å²) in [4.78, 5) is 2.12. The van der Waals surface area contributed by atoms with Gasteiger partial charge in [-0.1, -0.05) is 30.7 Å². The van der Waals surface area contributed by atoms with E-state index in [0.717, 1.165) is 24.5 Å². The van der Waals surface area contributed by atoms with Gasteiger partial charge in [-0.25, -0.2) is 0 Å². The first-order chi connectivity index (χ1) is 7.54. The minimum Gasteiger partial charge on any atom is -0.330 e. The van der Waals surface area contributed by atoms with Gasteiger partial charge in [0, 0.05) is 11.6 Å². The maximum Gasteiger partial charge on any atom is 0.0453 e. The van der Waals surface area contributed by atoms with Crippen LogP contribution in [0.4, 0.5) is 0 Å². The highest BCUT2D eigenvalue weighted by Gasteiger charge is 2.08. The number of hydrogen-bond acceptors (Lipinski definition) is 2. The van der Waals surface area contributed by atoms with Gasteiger partial charge in [0.05, 0.1) is 0 Å². The summed E-state index contributed by atoms with van der Waals surface area (Å²) in [5.74, 6) is 0.482. The van der Waals surface area contributed by atoms with Gasteiger partial charge in [-0.3, -0.25) is 0 Å². The predicted molar refractivity (Wildman–Crippen MR) is 70.9 cm³/mol. The summed E-state index contributed by atoms with van der Waals surface area (Å²) in [5.41, 5.74) is 8.01. The van der Waals surface area contributed by atoms with Crippen LogP contribution in [0.5, 0.6) is 0 Å². The van der Waals surface area contributed by atoms with E-state index in [-0.39, 0.29) is 0 Å². The molecule has 1 aromatic carbocycles. The second-order valence-electron chi connectivity index (χ2n) is 4.57. The first-order valence-corrected chi connectivity index (χ1v) is 6.05. The number of halogens is 1. The molecule has 1 rings (SSSR count). The van der Waals surface area contributed by atoms with Gasteiger partial charge in [0.1, 0.15) is 0 Å². The zero-order chi connectivity index (χ0) is 12.1. The Bertz CT molecular complexity index is 337. The largest absolute Gasteiger partial charge is 0.330 e. The lowest BCUT2D eigenvalue weighted by molar-refractivity contribution is 0.402. The van der Waals surface area contributed by atoms with E-state index in [1.54, 1.807) is 0 Å². The maximum atomic E-state index is 6.26. The molecule has 0 aliphatic rings. The predicted octanol–water partition coefficient (Wildman–Crippen LogP) is 2.85. The summed E-state index contributed by atoms with van der Waals surface area (Å²) in [7, 11) is 4.09. The van der Waals surface area contributed by atoms with Gasteiger partial charge in [0.15, 0.2) is 0 Å². The molecule has 1 unspecified atom stereocenters. The number of rotatable bonds is 5. The number of hydrogen-bond donors (Lipinski definition) is 1. The van der Waals surface area contributed by atoms with Crippen LogP contribution in [0.3, 0.4) is 0 Å². The molecule has 90 valence electrons. The zero-order valence-electron chi connectivity index (χ0n) is 10.3. The summed E-state index contributed by atoms with van der Waals surface area (Å²) < 4.78 is 0. The van der Waals surface area contributed by atoms with Crippen LogP contribution in [0.2, 0.25) is 5.02 Å². The molecule has 0 aliphatic heterocycles. The lowest BCUT2D eigenvalue weighted by atomic mass is 9.97. The van der Waals surface area contributed by atoms with Crippen LogP contribution in [0, 0.1) is 0 Å². The molecule has 16 heavy (non-hydrogen) atoms. The fourth-order valence-electron chi connectivity index (χ4n) is 1.76. The molecule has 1 aromatic rings. The third kappa shape index (κ3) is 3.78. The van der Waals surface area contributed by atoms with Crippen LogP contribution in [0.25, 0.3) is 0 Å². The van der Waals surface area contributed by atoms with E-state index in [1.807, 2.05) is 14.1 Å². The molecular formula is C13H21ClN2. The van der Waals surface area contributed by atoms with Crippen LogP contribution in [0.15, 0.2) is 18.2 Å². The van der Waals surface area contributed by atoms with Crippen molar-refractivity contribution in [3.05, 3.63) is 34.3 Å². The average molecular weight is 241 g/mol. The molecule has 3 heteroatoms. The SMILES string of the molecule is CC(CCN)c1ccc(CN(C)C)c(Cl)c1. The fourth-order valence-corrected chi connectivity index (χ4v) is 2.00. The molecule has 0 fully saturated rings. The third-order valence-corrected chi connectivity index (χ3v) is 3.08. The monoisotopic (exact) mass is 240 g/mol. The Morgan fingerprint density at radius 1 is 1.38 bits per heavy atom. The van der Waals surface area contributed by atoms with Gasteiger partial charge in [-0.2, -0.15) is 0 Å². The molecule has 0 spiro atoms. The molecule has 0 aromatic heterocycles. The van der Waals surface area contributed by atoms with Crippen molar-refractivity contribution in [2.45, 2.75) is 25.8 Å². The first kappa shape index (κ1) is 13.5. The summed E-state index contributed by atoms with van der Waals surface area (Å²) in [6.07, 6.45) is 1.00. The fraction of sp³-hybridized carbons (Fsp3) is 0.538. The van der Waals surface area contributed by atoms with E-state index in [0.29, 0.717) is 5.92 Å². The molecule has 1 atom stereocenters. The second kappa shape index (κ2) is 6.24. The number of nitrogens with two attached hydrogens (primary N) is 1. The lowest BCUT2D eigenvalue weighted by Crippen LogP contribution is -2.11. The molecule has 0 radical (unpaired) electrons. The van der Waals surface area contributed by atoms with E-state index < -0.39 is 0 Å². The Morgan fingerprint density at radius 3 is 2.56 bits per heavy atom. The van der Waals surface area contributed by atoms with Crippen molar-refractivity contribution >= 4 is 11.6 Å². The van der Waals surface area contributed by atoms with Crippen LogP contribution in [0.1, 0.15) is 30.4 Å². The molecule has 0 saturated heterocycles. The summed E-state index contributed by atoms with van der Waals surface area (Å²) in [6, 6.07) is 6.34. The van der Waals surface area contributed by atoms with Crippen molar-refractivity contribution in [2.24, 2.45) is 5.73 Å². The normalized spacial score (nSPS) is 13.1. The van der Waals surface area contributed by atoms with Gasteiger partial charge in [-0.15, -0.1) is 0 Å². The Hall–Kier alpha value is -0.570. The molecule has 0 bridgehead atoms.